The molecule has 1 aliphatic carbocycles. The van der Waals surface area contributed by atoms with Gasteiger partial charge in [0.2, 0.25) is 0 Å². The highest BCUT2D eigenvalue weighted by Crippen LogP contribution is 2.38. The summed E-state index contributed by atoms with van der Waals surface area (Å²) in [4.78, 5) is 27.1. The molecule has 7 heteroatoms. The van der Waals surface area contributed by atoms with Crippen molar-refractivity contribution in [3.05, 3.63) is 95.4 Å². The van der Waals surface area contributed by atoms with E-state index in [-0.39, 0.29) is 5.69 Å². The number of nitrogens with one attached hydrogen (secondary N) is 1. The fourth-order valence-electron chi connectivity index (χ4n) is 7.50. The molecule has 0 spiro atoms. The molecule has 2 aliphatic heterocycles. The number of rotatable bonds is 5. The van der Waals surface area contributed by atoms with Gasteiger partial charge in [0.25, 0.3) is 5.91 Å². The Balaban J connectivity index is 1.06. The van der Waals surface area contributed by atoms with Crippen molar-refractivity contribution < 1.29 is 9.53 Å². The molecular weight excluding hydrogens is 534 g/mol. The number of nitrogens with two attached hydrogens (primary N) is 1. The fourth-order valence-corrected chi connectivity index (χ4v) is 7.50. The lowest BCUT2D eigenvalue weighted by atomic mass is 9.87. The summed E-state index contributed by atoms with van der Waals surface area (Å²) < 4.78 is 5.74. The molecule has 2 bridgehead atoms. The Labute approximate surface area is 251 Å². The smallest absolute Gasteiger partial charge is 0.267 e. The van der Waals surface area contributed by atoms with Crippen molar-refractivity contribution >= 4 is 16.9 Å². The molecule has 3 N–H and O–H groups in total. The Morgan fingerprint density at radius 2 is 1.63 bits per heavy atom. The Morgan fingerprint density at radius 3 is 2.40 bits per heavy atom. The molecule has 216 valence electrons. The third kappa shape index (κ3) is 4.64. The van der Waals surface area contributed by atoms with Gasteiger partial charge in [-0.05, 0) is 79.0 Å². The molecule has 2 aromatic carbocycles. The highest BCUT2D eigenvalue weighted by atomic mass is 16.5. The van der Waals surface area contributed by atoms with Gasteiger partial charge in [-0.1, -0.05) is 48.5 Å². The number of H-pyrrole nitrogens is 1. The van der Waals surface area contributed by atoms with Crippen LogP contribution < -0.4 is 5.73 Å². The van der Waals surface area contributed by atoms with E-state index in [2.05, 4.69) is 51.3 Å². The molecule has 0 radical (unpaired) electrons. The van der Waals surface area contributed by atoms with Crippen molar-refractivity contribution in [2.75, 3.05) is 13.2 Å². The van der Waals surface area contributed by atoms with Crippen LogP contribution in [0.25, 0.3) is 44.5 Å². The average molecular weight is 570 g/mol. The van der Waals surface area contributed by atoms with Gasteiger partial charge in [-0.15, -0.1) is 0 Å². The number of pyridine rings is 2. The Hall–Kier alpha value is -4.33. The standard InChI is InChI=1S/C36H35N5O2/c1-21-2-13-33(35(37)42)40-34(21)24-6-4-23(5-7-24)32-18-39-36-31(32)15-27(17-38-36)26-8-3-22-9-11-28(12-10-25(22)14-26)41-29-16-30(41)20-43-19-29/h2-8,13-15,17-18,28-30H,9-12,16,19-20H2,1H3,(H2,37,42)(H,38,39). The summed E-state index contributed by atoms with van der Waals surface area (Å²) >= 11 is 0. The van der Waals surface area contributed by atoms with Gasteiger partial charge in [-0.3, -0.25) is 9.69 Å². The summed E-state index contributed by atoms with van der Waals surface area (Å²) in [7, 11) is 0. The Kier molecular flexibility index (Phi) is 6.38. The molecule has 7 nitrogen and oxygen atoms in total. The van der Waals surface area contributed by atoms with Crippen LogP contribution in [0.2, 0.25) is 0 Å². The second-order valence-corrected chi connectivity index (χ2v) is 12.4. The first-order valence-corrected chi connectivity index (χ1v) is 15.3. The lowest BCUT2D eigenvalue weighted by molar-refractivity contribution is -0.148. The zero-order chi connectivity index (χ0) is 29.1. The number of carbonyl (C=O) groups excluding carboxylic acids is 1. The molecule has 0 saturated carbocycles. The summed E-state index contributed by atoms with van der Waals surface area (Å²) in [6, 6.07) is 23.1. The van der Waals surface area contributed by atoms with Crippen molar-refractivity contribution in [3.63, 3.8) is 0 Å². The Morgan fingerprint density at radius 1 is 0.884 bits per heavy atom. The van der Waals surface area contributed by atoms with E-state index in [4.69, 9.17) is 15.5 Å². The minimum Gasteiger partial charge on any atom is -0.378 e. The number of nitrogens with zero attached hydrogens (tertiary/aromatic N) is 3. The van der Waals surface area contributed by atoms with Gasteiger partial charge in [0.05, 0.1) is 18.9 Å². The third-order valence-electron chi connectivity index (χ3n) is 9.81. The Bertz CT molecular complexity index is 1850. The van der Waals surface area contributed by atoms with Gasteiger partial charge in [-0.25, -0.2) is 9.97 Å². The van der Waals surface area contributed by atoms with E-state index in [0.717, 1.165) is 70.6 Å². The molecule has 3 atom stereocenters. The van der Waals surface area contributed by atoms with Crippen LogP contribution >= 0.6 is 0 Å². The van der Waals surface area contributed by atoms with Gasteiger partial charge < -0.3 is 15.5 Å². The highest BCUT2D eigenvalue weighted by Gasteiger charge is 2.45. The number of benzene rings is 2. The second kappa shape index (κ2) is 10.4. The SMILES string of the molecule is Cc1ccc(C(N)=O)nc1-c1ccc(-c2c[nH]c3ncc(-c4ccc5c(c4)CCC(N4C6COCC4C6)CC5)cc23)cc1. The van der Waals surface area contributed by atoms with Gasteiger partial charge >= 0.3 is 0 Å². The number of carbonyl (C=O) groups is 1. The number of aromatic nitrogens is 3. The maximum absolute atomic E-state index is 11.7. The van der Waals surface area contributed by atoms with E-state index in [1.807, 2.05) is 37.5 Å². The van der Waals surface area contributed by atoms with Gasteiger partial charge in [0.1, 0.15) is 11.3 Å². The molecule has 3 unspecified atom stereocenters. The summed E-state index contributed by atoms with van der Waals surface area (Å²) in [5.41, 5.74) is 16.8. The zero-order valence-corrected chi connectivity index (χ0v) is 24.3. The summed E-state index contributed by atoms with van der Waals surface area (Å²) in [5.74, 6) is -0.525. The highest BCUT2D eigenvalue weighted by molar-refractivity contribution is 5.96. The van der Waals surface area contributed by atoms with Crippen molar-refractivity contribution in [1.29, 1.82) is 0 Å². The zero-order valence-electron chi connectivity index (χ0n) is 24.3. The molecule has 5 aromatic rings. The van der Waals surface area contributed by atoms with E-state index < -0.39 is 5.91 Å². The number of aryl methyl sites for hydroxylation is 3. The molecular formula is C36H35N5O2. The van der Waals surface area contributed by atoms with Crippen molar-refractivity contribution in [1.82, 2.24) is 19.9 Å². The number of morpholine rings is 1. The largest absolute Gasteiger partial charge is 0.378 e. The average Bonchev–Trinajstić information content (AvgIpc) is 3.35. The molecule has 8 rings (SSSR count). The molecule has 43 heavy (non-hydrogen) atoms. The van der Waals surface area contributed by atoms with E-state index in [1.165, 1.54) is 36.0 Å². The lowest BCUT2D eigenvalue weighted by Crippen LogP contribution is -2.66. The van der Waals surface area contributed by atoms with Crippen molar-refractivity contribution in [3.8, 4) is 33.5 Å². The first-order chi connectivity index (χ1) is 21.0. The monoisotopic (exact) mass is 569 g/mol. The number of hydrogen-bond acceptors (Lipinski definition) is 5. The fraction of sp³-hybridized carbons (Fsp3) is 0.306. The van der Waals surface area contributed by atoms with Crippen LogP contribution in [0, 0.1) is 6.92 Å². The molecule has 3 aromatic heterocycles. The number of aromatic amines is 1. The normalized spacial score (nSPS) is 21.7. The van der Waals surface area contributed by atoms with Crippen LogP contribution in [0.5, 0.6) is 0 Å². The van der Waals surface area contributed by atoms with E-state index in [9.17, 15) is 4.79 Å². The first-order valence-electron chi connectivity index (χ1n) is 15.3. The first kappa shape index (κ1) is 26.3. The van der Waals surface area contributed by atoms with Gasteiger partial charge in [0, 0.05) is 52.6 Å². The minimum atomic E-state index is -0.525. The van der Waals surface area contributed by atoms with Crippen LogP contribution in [0.1, 0.15) is 46.4 Å². The maximum Gasteiger partial charge on any atom is 0.267 e. The topological polar surface area (TPSA) is 97.1 Å². The van der Waals surface area contributed by atoms with E-state index in [1.54, 1.807) is 6.07 Å². The predicted octanol–water partition coefficient (Wildman–Crippen LogP) is 6.09. The van der Waals surface area contributed by atoms with Crippen LogP contribution in [-0.4, -0.2) is 57.1 Å². The predicted molar refractivity (Wildman–Crippen MR) is 169 cm³/mol. The molecule has 2 fully saturated rings. The summed E-state index contributed by atoms with van der Waals surface area (Å²) in [6.45, 7) is 3.81. The number of hydrogen-bond donors (Lipinski definition) is 2. The van der Waals surface area contributed by atoms with Gasteiger partial charge in [0.15, 0.2) is 0 Å². The quantitative estimate of drug-likeness (QED) is 0.250. The molecule has 1 amide bonds. The second-order valence-electron chi connectivity index (χ2n) is 12.4. The lowest BCUT2D eigenvalue weighted by Gasteiger charge is -2.56. The maximum atomic E-state index is 11.7. The van der Waals surface area contributed by atoms with Crippen molar-refractivity contribution in [2.24, 2.45) is 5.73 Å². The van der Waals surface area contributed by atoms with Crippen LogP contribution in [0.15, 0.2) is 73.1 Å². The number of amides is 1. The van der Waals surface area contributed by atoms with E-state index >= 15 is 0 Å². The molecule has 2 saturated heterocycles. The third-order valence-corrected chi connectivity index (χ3v) is 9.81. The van der Waals surface area contributed by atoms with Gasteiger partial charge in [-0.2, -0.15) is 0 Å². The van der Waals surface area contributed by atoms with E-state index in [0.29, 0.717) is 18.1 Å². The summed E-state index contributed by atoms with van der Waals surface area (Å²) in [6.07, 6.45) is 10.1. The van der Waals surface area contributed by atoms with Crippen LogP contribution in [0.4, 0.5) is 0 Å². The minimum absolute atomic E-state index is 0.270. The number of fused-ring (bicyclic) bond motifs is 4. The molecule has 3 aliphatic rings. The number of ether oxygens (including phenoxy) is 1. The summed E-state index contributed by atoms with van der Waals surface area (Å²) in [5, 5.41) is 1.09. The van der Waals surface area contributed by atoms with Crippen LogP contribution in [-0.2, 0) is 17.6 Å². The van der Waals surface area contributed by atoms with Crippen LogP contribution in [0.3, 0.4) is 0 Å². The molecule has 5 heterocycles. The number of primary amides is 1. The van der Waals surface area contributed by atoms with Crippen molar-refractivity contribution in [2.45, 2.75) is 57.2 Å².